The second-order valence-electron chi connectivity index (χ2n) is 10.5. The third kappa shape index (κ3) is 7.21. The summed E-state index contributed by atoms with van der Waals surface area (Å²) < 4.78 is 41.4. The van der Waals surface area contributed by atoms with E-state index in [0.29, 0.717) is 34.8 Å². The molecule has 2 aromatic carbocycles. The maximum Gasteiger partial charge on any atom is 0.573 e. The van der Waals surface area contributed by atoms with Crippen molar-refractivity contribution in [3.63, 3.8) is 0 Å². The summed E-state index contributed by atoms with van der Waals surface area (Å²) in [7, 11) is 0. The Morgan fingerprint density at radius 3 is 2.40 bits per heavy atom. The van der Waals surface area contributed by atoms with Gasteiger partial charge in [0.1, 0.15) is 11.4 Å². The molecule has 1 saturated heterocycles. The number of nitrogens with zero attached hydrogens (tertiary/aromatic N) is 2. The fraction of sp³-hybridized carbons (Fsp3) is 0.433. The van der Waals surface area contributed by atoms with E-state index in [9.17, 15) is 22.8 Å². The number of halogens is 3. The molecule has 0 bridgehead atoms. The number of likely N-dealkylation sites (tertiary alicyclic amines) is 1. The zero-order valence-corrected chi connectivity index (χ0v) is 22.9. The highest BCUT2D eigenvalue weighted by atomic mass is 32.1. The molecule has 0 spiro atoms. The van der Waals surface area contributed by atoms with Crippen molar-refractivity contribution >= 4 is 28.8 Å². The molecule has 40 heavy (non-hydrogen) atoms. The smallest absolute Gasteiger partial charge is 0.406 e. The van der Waals surface area contributed by atoms with Crippen LogP contribution in [0.15, 0.2) is 53.9 Å². The zero-order chi connectivity index (χ0) is 28.1. The average molecular weight is 572 g/mol. The first-order chi connectivity index (χ1) is 19.2. The summed E-state index contributed by atoms with van der Waals surface area (Å²) >= 11 is 1.46. The van der Waals surface area contributed by atoms with Crippen LogP contribution in [0.4, 0.5) is 18.9 Å². The van der Waals surface area contributed by atoms with E-state index in [-0.39, 0.29) is 23.5 Å². The summed E-state index contributed by atoms with van der Waals surface area (Å²) in [6.07, 6.45) is 3.66. The molecule has 1 N–H and O–H groups in total. The molecule has 2 amide bonds. The third-order valence-corrected chi connectivity index (χ3v) is 8.77. The van der Waals surface area contributed by atoms with Gasteiger partial charge in [-0.3, -0.25) is 9.59 Å². The molecule has 5 rings (SSSR count). The largest absolute Gasteiger partial charge is 0.573 e. The van der Waals surface area contributed by atoms with Gasteiger partial charge in [0.2, 0.25) is 5.91 Å². The Bertz CT molecular complexity index is 1310. The highest BCUT2D eigenvalue weighted by Crippen LogP contribution is 2.34. The number of piperidine rings is 1. The van der Waals surface area contributed by atoms with Crippen LogP contribution in [0.5, 0.6) is 5.75 Å². The number of carbonyl (C=O) groups excluding carboxylic acids is 2. The fourth-order valence-electron chi connectivity index (χ4n) is 5.61. The summed E-state index contributed by atoms with van der Waals surface area (Å²) in [6, 6.07) is 12.6. The predicted molar refractivity (Wildman–Crippen MR) is 148 cm³/mol. The SMILES string of the molecule is O=C(Nc1ccccc1-c1ccc(OC(F)(F)F)cc1)c1csc(C2CCN(C(=O)CCC3CCCC3)CC2)n1. The average Bonchev–Trinajstić information content (AvgIpc) is 3.65. The number of alkyl halides is 3. The topological polar surface area (TPSA) is 71.5 Å². The number of hydrogen-bond acceptors (Lipinski definition) is 5. The number of nitrogens with one attached hydrogen (secondary N) is 1. The molecule has 6 nitrogen and oxygen atoms in total. The van der Waals surface area contributed by atoms with E-state index in [1.165, 1.54) is 61.3 Å². The van der Waals surface area contributed by atoms with Crippen molar-refractivity contribution in [1.29, 1.82) is 0 Å². The van der Waals surface area contributed by atoms with Crippen LogP contribution < -0.4 is 10.1 Å². The van der Waals surface area contributed by atoms with E-state index in [1.807, 2.05) is 4.90 Å². The monoisotopic (exact) mass is 571 g/mol. The number of carbonyl (C=O) groups is 2. The maximum atomic E-state index is 13.1. The van der Waals surface area contributed by atoms with Crippen molar-refractivity contribution in [2.45, 2.75) is 63.6 Å². The van der Waals surface area contributed by atoms with Crippen molar-refractivity contribution in [1.82, 2.24) is 9.88 Å². The van der Waals surface area contributed by atoms with Crippen LogP contribution in [0, 0.1) is 5.92 Å². The van der Waals surface area contributed by atoms with Gasteiger partial charge in [-0.1, -0.05) is 56.0 Å². The van der Waals surface area contributed by atoms with Gasteiger partial charge in [-0.25, -0.2) is 4.98 Å². The van der Waals surface area contributed by atoms with Gasteiger partial charge in [0.25, 0.3) is 5.91 Å². The molecule has 2 heterocycles. The number of ether oxygens (including phenoxy) is 1. The molecule has 0 radical (unpaired) electrons. The number of benzene rings is 2. The highest BCUT2D eigenvalue weighted by molar-refractivity contribution is 7.10. The molecular formula is C30H32F3N3O3S. The minimum atomic E-state index is -4.76. The summed E-state index contributed by atoms with van der Waals surface area (Å²) in [5.74, 6) is 0.520. The Hall–Kier alpha value is -3.40. The molecule has 10 heteroatoms. The highest BCUT2D eigenvalue weighted by Gasteiger charge is 2.31. The van der Waals surface area contributed by atoms with Crippen molar-refractivity contribution in [3.05, 3.63) is 64.6 Å². The number of hydrogen-bond donors (Lipinski definition) is 1. The van der Waals surface area contributed by atoms with Gasteiger partial charge >= 0.3 is 6.36 Å². The van der Waals surface area contributed by atoms with Gasteiger partial charge in [0, 0.05) is 42.1 Å². The van der Waals surface area contributed by atoms with Gasteiger partial charge in [-0.05, 0) is 48.9 Å². The Kier molecular flexibility index (Phi) is 8.73. The van der Waals surface area contributed by atoms with Crippen LogP contribution in [0.1, 0.15) is 72.8 Å². The minimum Gasteiger partial charge on any atom is -0.406 e. The van der Waals surface area contributed by atoms with E-state index >= 15 is 0 Å². The molecule has 2 aliphatic rings. The number of amides is 2. The minimum absolute atomic E-state index is 0.218. The summed E-state index contributed by atoms with van der Waals surface area (Å²) in [5, 5.41) is 5.54. The standard InChI is InChI=1S/C30H32F3N3O3S/c31-30(32,33)39-23-12-10-21(11-13-23)24-7-3-4-8-25(24)34-28(38)26-19-40-29(35-26)22-15-17-36(18-16-22)27(37)14-9-20-5-1-2-6-20/h3-4,7-8,10-13,19-20,22H,1-2,5-6,9,14-18H2,(H,34,38). The number of anilines is 1. The van der Waals surface area contributed by atoms with Crippen molar-refractivity contribution < 1.29 is 27.5 Å². The molecular weight excluding hydrogens is 539 g/mol. The van der Waals surface area contributed by atoms with E-state index < -0.39 is 6.36 Å². The van der Waals surface area contributed by atoms with E-state index in [1.54, 1.807) is 29.6 Å². The van der Waals surface area contributed by atoms with Crippen LogP contribution in [0.3, 0.4) is 0 Å². The second kappa shape index (κ2) is 12.4. The molecule has 2 fully saturated rings. The zero-order valence-electron chi connectivity index (χ0n) is 22.1. The normalized spacial score (nSPS) is 16.7. The number of aromatic nitrogens is 1. The molecule has 3 aromatic rings. The molecule has 0 atom stereocenters. The summed E-state index contributed by atoms with van der Waals surface area (Å²) in [4.78, 5) is 32.3. The first kappa shape index (κ1) is 28.1. The lowest BCUT2D eigenvalue weighted by atomic mass is 9.96. The quantitative estimate of drug-likeness (QED) is 0.302. The van der Waals surface area contributed by atoms with Gasteiger partial charge in [-0.2, -0.15) is 0 Å². The predicted octanol–water partition coefficient (Wildman–Crippen LogP) is 7.64. The van der Waals surface area contributed by atoms with Gasteiger partial charge in [0.05, 0.1) is 5.01 Å². The molecule has 0 unspecified atom stereocenters. The molecule has 1 saturated carbocycles. The number of rotatable bonds is 8. The van der Waals surface area contributed by atoms with Crippen molar-refractivity contribution in [3.8, 4) is 16.9 Å². The van der Waals surface area contributed by atoms with Gasteiger partial charge in [-0.15, -0.1) is 24.5 Å². The van der Waals surface area contributed by atoms with Crippen LogP contribution in [-0.2, 0) is 4.79 Å². The second-order valence-corrected chi connectivity index (χ2v) is 11.4. The van der Waals surface area contributed by atoms with E-state index in [4.69, 9.17) is 0 Å². The lowest BCUT2D eigenvalue weighted by Gasteiger charge is -2.31. The van der Waals surface area contributed by atoms with Crippen LogP contribution in [0.2, 0.25) is 0 Å². The van der Waals surface area contributed by atoms with Gasteiger partial charge < -0.3 is 15.0 Å². The first-order valence-corrected chi connectivity index (χ1v) is 14.6. The molecule has 1 aliphatic carbocycles. The maximum absolute atomic E-state index is 13.1. The van der Waals surface area contributed by atoms with Crippen LogP contribution >= 0.6 is 11.3 Å². The van der Waals surface area contributed by atoms with Crippen LogP contribution in [0.25, 0.3) is 11.1 Å². The summed E-state index contributed by atoms with van der Waals surface area (Å²) in [5.41, 5.74) is 2.14. The number of thiazole rings is 1. The lowest BCUT2D eigenvalue weighted by molar-refractivity contribution is -0.274. The fourth-order valence-corrected chi connectivity index (χ4v) is 6.58. The molecule has 1 aliphatic heterocycles. The first-order valence-electron chi connectivity index (χ1n) is 13.7. The van der Waals surface area contributed by atoms with E-state index in [0.717, 1.165) is 37.4 Å². The Morgan fingerprint density at radius 2 is 1.70 bits per heavy atom. The Morgan fingerprint density at radius 1 is 1.00 bits per heavy atom. The third-order valence-electron chi connectivity index (χ3n) is 7.77. The molecule has 212 valence electrons. The lowest BCUT2D eigenvalue weighted by Crippen LogP contribution is -2.38. The van der Waals surface area contributed by atoms with Gasteiger partial charge in [0.15, 0.2) is 0 Å². The van der Waals surface area contributed by atoms with Crippen LogP contribution in [-0.4, -0.2) is 41.2 Å². The Balaban J connectivity index is 1.17. The summed E-state index contributed by atoms with van der Waals surface area (Å²) in [6.45, 7) is 1.44. The number of para-hydroxylation sites is 1. The Labute approximate surface area is 235 Å². The molecule has 1 aromatic heterocycles. The van der Waals surface area contributed by atoms with Crippen molar-refractivity contribution in [2.75, 3.05) is 18.4 Å². The van der Waals surface area contributed by atoms with E-state index in [2.05, 4.69) is 15.0 Å². The van der Waals surface area contributed by atoms with Crippen molar-refractivity contribution in [2.24, 2.45) is 5.92 Å².